The SMILES string of the molecule is CC(CCCc1ccccc1)C(=O)NCC(O)C(C)C. The molecule has 112 valence electrons. The Morgan fingerprint density at radius 2 is 1.85 bits per heavy atom. The van der Waals surface area contributed by atoms with Crippen molar-refractivity contribution in [3.63, 3.8) is 0 Å². The zero-order valence-corrected chi connectivity index (χ0v) is 12.8. The number of rotatable bonds is 8. The Labute approximate surface area is 122 Å². The van der Waals surface area contributed by atoms with E-state index in [1.807, 2.05) is 39.0 Å². The van der Waals surface area contributed by atoms with Gasteiger partial charge in [0.25, 0.3) is 0 Å². The van der Waals surface area contributed by atoms with Gasteiger partial charge in [0.1, 0.15) is 0 Å². The molecule has 20 heavy (non-hydrogen) atoms. The fourth-order valence-corrected chi connectivity index (χ4v) is 2.00. The first kappa shape index (κ1) is 16.7. The first-order valence-corrected chi connectivity index (χ1v) is 7.50. The van der Waals surface area contributed by atoms with E-state index >= 15 is 0 Å². The van der Waals surface area contributed by atoms with Crippen molar-refractivity contribution < 1.29 is 9.90 Å². The summed E-state index contributed by atoms with van der Waals surface area (Å²) in [5.41, 5.74) is 1.32. The van der Waals surface area contributed by atoms with Crippen molar-refractivity contribution in [1.29, 1.82) is 0 Å². The Balaban J connectivity index is 2.21. The van der Waals surface area contributed by atoms with Crippen molar-refractivity contribution in [3.8, 4) is 0 Å². The highest BCUT2D eigenvalue weighted by Crippen LogP contribution is 2.11. The smallest absolute Gasteiger partial charge is 0.222 e. The van der Waals surface area contributed by atoms with E-state index in [0.29, 0.717) is 6.54 Å². The number of benzene rings is 1. The lowest BCUT2D eigenvalue weighted by Gasteiger charge is -2.17. The molecule has 0 aliphatic rings. The third kappa shape index (κ3) is 6.20. The Morgan fingerprint density at radius 3 is 2.45 bits per heavy atom. The Morgan fingerprint density at radius 1 is 1.20 bits per heavy atom. The average molecular weight is 277 g/mol. The van der Waals surface area contributed by atoms with Crippen LogP contribution in [0.1, 0.15) is 39.2 Å². The fourth-order valence-electron chi connectivity index (χ4n) is 2.00. The summed E-state index contributed by atoms with van der Waals surface area (Å²) < 4.78 is 0. The molecule has 1 aromatic carbocycles. The minimum absolute atomic E-state index is 0.00178. The van der Waals surface area contributed by atoms with E-state index in [1.165, 1.54) is 5.56 Å². The van der Waals surface area contributed by atoms with Crippen LogP contribution in [0, 0.1) is 11.8 Å². The van der Waals surface area contributed by atoms with Crippen LogP contribution in [0.3, 0.4) is 0 Å². The van der Waals surface area contributed by atoms with E-state index < -0.39 is 6.10 Å². The van der Waals surface area contributed by atoms with Crippen LogP contribution in [0.5, 0.6) is 0 Å². The summed E-state index contributed by atoms with van der Waals surface area (Å²) >= 11 is 0. The molecule has 0 bridgehead atoms. The maximum Gasteiger partial charge on any atom is 0.222 e. The van der Waals surface area contributed by atoms with Crippen LogP contribution in [0.25, 0.3) is 0 Å². The number of aryl methyl sites for hydroxylation is 1. The molecule has 1 aromatic rings. The number of hydrogen-bond donors (Lipinski definition) is 2. The highest BCUT2D eigenvalue weighted by molar-refractivity contribution is 5.78. The molecule has 1 rings (SSSR count). The van der Waals surface area contributed by atoms with Gasteiger partial charge in [-0.15, -0.1) is 0 Å². The number of nitrogens with one attached hydrogen (secondary N) is 1. The molecule has 0 saturated heterocycles. The van der Waals surface area contributed by atoms with Crippen LogP contribution in [0.15, 0.2) is 30.3 Å². The van der Waals surface area contributed by atoms with E-state index in [2.05, 4.69) is 17.4 Å². The summed E-state index contributed by atoms with van der Waals surface area (Å²) in [6, 6.07) is 10.3. The number of amides is 1. The maximum absolute atomic E-state index is 11.9. The molecule has 0 radical (unpaired) electrons. The molecule has 3 heteroatoms. The van der Waals surface area contributed by atoms with Gasteiger partial charge in [0.2, 0.25) is 5.91 Å². The van der Waals surface area contributed by atoms with Crippen molar-refractivity contribution in [1.82, 2.24) is 5.32 Å². The van der Waals surface area contributed by atoms with Gasteiger partial charge >= 0.3 is 0 Å². The van der Waals surface area contributed by atoms with Crippen LogP contribution < -0.4 is 5.32 Å². The molecule has 0 saturated carbocycles. The Hall–Kier alpha value is -1.35. The minimum Gasteiger partial charge on any atom is -0.391 e. The van der Waals surface area contributed by atoms with Gasteiger partial charge in [0.15, 0.2) is 0 Å². The second-order valence-electron chi connectivity index (χ2n) is 5.84. The fraction of sp³-hybridized carbons (Fsp3) is 0.588. The van der Waals surface area contributed by atoms with Crippen LogP contribution in [-0.2, 0) is 11.2 Å². The molecule has 0 spiro atoms. The number of carbonyl (C=O) groups is 1. The van der Waals surface area contributed by atoms with Crippen molar-refractivity contribution >= 4 is 5.91 Å². The summed E-state index contributed by atoms with van der Waals surface area (Å²) in [6.07, 6.45) is 2.42. The third-order valence-electron chi connectivity index (χ3n) is 3.65. The molecule has 3 nitrogen and oxygen atoms in total. The molecule has 0 aromatic heterocycles. The van der Waals surface area contributed by atoms with Crippen LogP contribution in [-0.4, -0.2) is 23.7 Å². The van der Waals surface area contributed by atoms with E-state index in [4.69, 9.17) is 0 Å². The lowest BCUT2D eigenvalue weighted by molar-refractivity contribution is -0.125. The molecule has 1 amide bonds. The van der Waals surface area contributed by atoms with E-state index in [1.54, 1.807) is 0 Å². The van der Waals surface area contributed by atoms with Crippen molar-refractivity contribution in [2.75, 3.05) is 6.54 Å². The van der Waals surface area contributed by atoms with E-state index in [0.717, 1.165) is 19.3 Å². The highest BCUT2D eigenvalue weighted by atomic mass is 16.3. The molecule has 2 unspecified atom stereocenters. The second kappa shape index (κ2) is 8.75. The van der Waals surface area contributed by atoms with Crippen molar-refractivity contribution in [2.45, 2.75) is 46.1 Å². The topological polar surface area (TPSA) is 49.3 Å². The normalized spacial score (nSPS) is 14.1. The maximum atomic E-state index is 11.9. The molecular formula is C17H27NO2. The first-order chi connectivity index (χ1) is 9.50. The third-order valence-corrected chi connectivity index (χ3v) is 3.65. The summed E-state index contributed by atoms with van der Waals surface area (Å²) in [5.74, 6) is 0.208. The number of aliphatic hydroxyl groups is 1. The average Bonchev–Trinajstić information content (AvgIpc) is 2.45. The Bertz CT molecular complexity index is 389. The summed E-state index contributed by atoms with van der Waals surface area (Å²) in [6.45, 7) is 6.18. The lowest BCUT2D eigenvalue weighted by atomic mass is 10.00. The van der Waals surface area contributed by atoms with Crippen molar-refractivity contribution in [3.05, 3.63) is 35.9 Å². The number of aliphatic hydroxyl groups excluding tert-OH is 1. The van der Waals surface area contributed by atoms with Gasteiger partial charge in [-0.1, -0.05) is 51.1 Å². The predicted octanol–water partition coefficient (Wildman–Crippen LogP) is 2.78. The second-order valence-corrected chi connectivity index (χ2v) is 5.84. The lowest BCUT2D eigenvalue weighted by Crippen LogP contribution is -2.37. The molecule has 0 aliphatic heterocycles. The van der Waals surface area contributed by atoms with Gasteiger partial charge in [-0.25, -0.2) is 0 Å². The van der Waals surface area contributed by atoms with Gasteiger partial charge in [-0.2, -0.15) is 0 Å². The largest absolute Gasteiger partial charge is 0.391 e. The standard InChI is InChI=1S/C17H27NO2/c1-13(2)16(19)12-18-17(20)14(3)8-7-11-15-9-5-4-6-10-15/h4-6,9-10,13-14,16,19H,7-8,11-12H2,1-3H3,(H,18,20). The molecule has 0 heterocycles. The zero-order valence-electron chi connectivity index (χ0n) is 12.8. The number of carbonyl (C=O) groups excluding carboxylic acids is 1. The van der Waals surface area contributed by atoms with E-state index in [9.17, 15) is 9.90 Å². The predicted molar refractivity (Wildman–Crippen MR) is 82.4 cm³/mol. The molecular weight excluding hydrogens is 250 g/mol. The van der Waals surface area contributed by atoms with E-state index in [-0.39, 0.29) is 17.7 Å². The summed E-state index contributed by atoms with van der Waals surface area (Å²) in [7, 11) is 0. The molecule has 0 fully saturated rings. The van der Waals surface area contributed by atoms with Crippen molar-refractivity contribution in [2.24, 2.45) is 11.8 Å². The highest BCUT2D eigenvalue weighted by Gasteiger charge is 2.15. The first-order valence-electron chi connectivity index (χ1n) is 7.50. The number of hydrogen-bond acceptors (Lipinski definition) is 2. The summed E-state index contributed by atoms with van der Waals surface area (Å²) in [4.78, 5) is 11.9. The van der Waals surface area contributed by atoms with Crippen LogP contribution >= 0.6 is 0 Å². The molecule has 2 N–H and O–H groups in total. The quantitative estimate of drug-likeness (QED) is 0.767. The van der Waals surface area contributed by atoms with Gasteiger partial charge < -0.3 is 10.4 Å². The minimum atomic E-state index is -0.463. The monoisotopic (exact) mass is 277 g/mol. The molecule has 2 atom stereocenters. The van der Waals surface area contributed by atoms with Gasteiger partial charge in [0.05, 0.1) is 6.10 Å². The van der Waals surface area contributed by atoms with Crippen LogP contribution in [0.2, 0.25) is 0 Å². The summed E-state index contributed by atoms with van der Waals surface area (Å²) in [5, 5.41) is 12.5. The van der Waals surface area contributed by atoms with Gasteiger partial charge in [-0.05, 0) is 30.7 Å². The van der Waals surface area contributed by atoms with Crippen LogP contribution in [0.4, 0.5) is 0 Å². The molecule has 0 aliphatic carbocycles. The van der Waals surface area contributed by atoms with Gasteiger partial charge in [-0.3, -0.25) is 4.79 Å². The van der Waals surface area contributed by atoms with Gasteiger partial charge in [0, 0.05) is 12.5 Å². The zero-order chi connectivity index (χ0) is 15.0. The Kier molecular flexibility index (Phi) is 7.31.